The molecule has 1 aliphatic rings. The van der Waals surface area contributed by atoms with Crippen LogP contribution in [-0.2, 0) is 24.4 Å². The molecule has 0 bridgehead atoms. The van der Waals surface area contributed by atoms with Crippen LogP contribution in [0.2, 0.25) is 0 Å². The number of pyridine rings is 1. The Morgan fingerprint density at radius 3 is 1.88 bits per heavy atom. The van der Waals surface area contributed by atoms with Crippen molar-refractivity contribution in [3.8, 4) is 0 Å². The van der Waals surface area contributed by atoms with Gasteiger partial charge < -0.3 is 13.9 Å². The summed E-state index contributed by atoms with van der Waals surface area (Å²) in [5, 5.41) is 2.12. The van der Waals surface area contributed by atoms with Gasteiger partial charge in [0.05, 0.1) is 5.56 Å². The van der Waals surface area contributed by atoms with E-state index in [1.807, 2.05) is 30.3 Å². The lowest BCUT2D eigenvalue weighted by atomic mass is 9.80. The maximum Gasteiger partial charge on any atom is 0.341 e. The van der Waals surface area contributed by atoms with Gasteiger partial charge in [-0.05, 0) is 38.1 Å². The van der Waals surface area contributed by atoms with Crippen LogP contribution in [0, 0.1) is 13.8 Å². The van der Waals surface area contributed by atoms with Gasteiger partial charge in [-0.25, -0.2) is 4.79 Å². The number of aryl methyl sites for hydroxylation is 2. The third-order valence-corrected chi connectivity index (χ3v) is 7.11. The van der Waals surface area contributed by atoms with Crippen molar-refractivity contribution in [3.63, 3.8) is 0 Å². The van der Waals surface area contributed by atoms with Gasteiger partial charge in [-0.1, -0.05) is 36.4 Å². The van der Waals surface area contributed by atoms with Gasteiger partial charge in [0.2, 0.25) is 5.60 Å². The highest BCUT2D eigenvalue weighted by Crippen LogP contribution is 2.52. The van der Waals surface area contributed by atoms with Gasteiger partial charge in [0.25, 0.3) is 0 Å². The molecule has 0 fully saturated rings. The van der Waals surface area contributed by atoms with Gasteiger partial charge in [-0.2, -0.15) is 0 Å². The fourth-order valence-electron chi connectivity index (χ4n) is 5.49. The number of carbonyl (C=O) groups excluding carboxylic acids is 1. The van der Waals surface area contributed by atoms with Crippen molar-refractivity contribution in [2.24, 2.45) is 14.1 Å². The Morgan fingerprint density at radius 1 is 0.781 bits per heavy atom. The maximum atomic E-state index is 13.3. The lowest BCUT2D eigenvalue weighted by Crippen LogP contribution is -2.32. The number of hydrogen-bond donors (Lipinski definition) is 0. The normalized spacial score (nSPS) is 14.8. The van der Waals surface area contributed by atoms with Crippen LogP contribution in [0.1, 0.15) is 38.6 Å². The highest BCUT2D eigenvalue weighted by Gasteiger charge is 2.54. The number of aromatic nitrogens is 3. The molecule has 6 rings (SSSR count). The molecule has 3 aromatic heterocycles. The number of nitrogens with zero attached hydrogens (tertiary/aromatic N) is 3. The first kappa shape index (κ1) is 18.9. The molecule has 0 unspecified atom stereocenters. The number of para-hydroxylation sites is 2. The summed E-state index contributed by atoms with van der Waals surface area (Å²) in [6.45, 7) is 4.18. The molecule has 0 atom stereocenters. The van der Waals surface area contributed by atoms with Crippen LogP contribution >= 0.6 is 0 Å². The van der Waals surface area contributed by atoms with Crippen molar-refractivity contribution in [1.82, 2.24) is 14.1 Å². The number of hydrogen-bond acceptors (Lipinski definition) is 3. The number of carbonyl (C=O) groups is 1. The second-order valence-corrected chi connectivity index (χ2v) is 8.54. The Balaban J connectivity index is 1.87. The van der Waals surface area contributed by atoms with E-state index in [0.29, 0.717) is 11.3 Å². The van der Waals surface area contributed by atoms with Crippen molar-refractivity contribution in [2.45, 2.75) is 19.4 Å². The zero-order chi connectivity index (χ0) is 22.2. The number of ether oxygens (including phenoxy) is 1. The van der Waals surface area contributed by atoms with Gasteiger partial charge in [-0.15, -0.1) is 0 Å². The van der Waals surface area contributed by atoms with E-state index in [4.69, 9.17) is 9.72 Å². The number of cyclic esters (lactones) is 1. The molecule has 5 heteroatoms. The zero-order valence-corrected chi connectivity index (χ0v) is 18.5. The van der Waals surface area contributed by atoms with Crippen molar-refractivity contribution < 1.29 is 9.53 Å². The molecule has 5 aromatic rings. The predicted molar refractivity (Wildman–Crippen MR) is 125 cm³/mol. The molecular formula is C27H23N3O2. The molecule has 32 heavy (non-hydrogen) atoms. The van der Waals surface area contributed by atoms with E-state index in [1.54, 1.807) is 12.3 Å². The SMILES string of the molecule is Cc1c(C2(c3c(C)n(C)c4ccccc34)OC(=O)c3cccnc32)c2ccccc2n1C. The van der Waals surface area contributed by atoms with E-state index < -0.39 is 5.60 Å². The highest BCUT2D eigenvalue weighted by molar-refractivity contribution is 6.00. The molecule has 0 N–H and O–H groups in total. The van der Waals surface area contributed by atoms with Crippen molar-refractivity contribution >= 4 is 27.8 Å². The summed E-state index contributed by atoms with van der Waals surface area (Å²) < 4.78 is 10.8. The van der Waals surface area contributed by atoms with Gasteiger partial charge in [-0.3, -0.25) is 4.98 Å². The van der Waals surface area contributed by atoms with E-state index in [2.05, 4.69) is 61.3 Å². The summed E-state index contributed by atoms with van der Waals surface area (Å²) in [7, 11) is 4.11. The number of esters is 1. The molecule has 0 aliphatic carbocycles. The molecule has 1 aliphatic heterocycles. The molecule has 0 saturated carbocycles. The quantitative estimate of drug-likeness (QED) is 0.371. The molecule has 158 valence electrons. The summed E-state index contributed by atoms with van der Waals surface area (Å²) in [5.74, 6) is -0.340. The molecular weight excluding hydrogens is 398 g/mol. The van der Waals surface area contributed by atoms with Crippen molar-refractivity contribution in [3.05, 3.63) is 101 Å². The largest absolute Gasteiger partial charge is 0.439 e. The number of benzene rings is 2. The van der Waals surface area contributed by atoms with Crippen molar-refractivity contribution in [2.75, 3.05) is 0 Å². The average Bonchev–Trinajstić information content (AvgIpc) is 3.36. The summed E-state index contributed by atoms with van der Waals surface area (Å²) in [6, 6.07) is 20.2. The molecule has 0 amide bonds. The van der Waals surface area contributed by atoms with Crippen LogP contribution in [0.25, 0.3) is 21.8 Å². The van der Waals surface area contributed by atoms with Gasteiger partial charge in [0.15, 0.2) is 0 Å². The van der Waals surface area contributed by atoms with E-state index in [1.165, 1.54) is 0 Å². The fraction of sp³-hybridized carbons (Fsp3) is 0.185. The lowest BCUT2D eigenvalue weighted by Gasteiger charge is -2.30. The minimum absolute atomic E-state index is 0.340. The Bertz CT molecular complexity index is 1490. The Morgan fingerprint density at radius 2 is 1.31 bits per heavy atom. The lowest BCUT2D eigenvalue weighted by molar-refractivity contribution is 0.0247. The van der Waals surface area contributed by atoms with Crippen LogP contribution in [-0.4, -0.2) is 20.1 Å². The monoisotopic (exact) mass is 421 g/mol. The van der Waals surface area contributed by atoms with Crippen LogP contribution in [0.15, 0.2) is 66.9 Å². The molecule has 0 radical (unpaired) electrons. The molecule has 0 saturated heterocycles. The summed E-state index contributed by atoms with van der Waals surface area (Å²) in [6.07, 6.45) is 1.75. The third kappa shape index (κ3) is 2.13. The van der Waals surface area contributed by atoms with E-state index in [-0.39, 0.29) is 5.97 Å². The van der Waals surface area contributed by atoms with Gasteiger partial charge in [0.1, 0.15) is 5.69 Å². The third-order valence-electron chi connectivity index (χ3n) is 7.11. The smallest absolute Gasteiger partial charge is 0.341 e. The summed E-state index contributed by atoms with van der Waals surface area (Å²) in [4.78, 5) is 18.0. The zero-order valence-electron chi connectivity index (χ0n) is 18.5. The Hall–Kier alpha value is -3.86. The molecule has 5 nitrogen and oxygen atoms in total. The average molecular weight is 422 g/mol. The summed E-state index contributed by atoms with van der Waals surface area (Å²) >= 11 is 0. The van der Waals surface area contributed by atoms with Crippen molar-refractivity contribution in [1.29, 1.82) is 0 Å². The van der Waals surface area contributed by atoms with Crippen LogP contribution < -0.4 is 0 Å². The first-order chi connectivity index (χ1) is 15.5. The van der Waals surface area contributed by atoms with Crippen LogP contribution in [0.3, 0.4) is 0 Å². The number of rotatable bonds is 2. The van der Waals surface area contributed by atoms with Crippen LogP contribution in [0.4, 0.5) is 0 Å². The molecule has 2 aromatic carbocycles. The standard InChI is InChI=1S/C27H23N3O2/c1-16-23(18-10-5-7-13-21(18)29(16)3)27(25-20(26(31)32-27)12-9-15-28-25)24-17(2)30(4)22-14-8-6-11-19(22)24/h5-15H,1-4H3. The first-order valence-electron chi connectivity index (χ1n) is 10.7. The minimum atomic E-state index is -1.14. The first-order valence-corrected chi connectivity index (χ1v) is 10.7. The van der Waals surface area contributed by atoms with E-state index >= 15 is 0 Å². The fourth-order valence-corrected chi connectivity index (χ4v) is 5.49. The molecule has 4 heterocycles. The topological polar surface area (TPSA) is 49.1 Å². The highest BCUT2D eigenvalue weighted by atomic mass is 16.6. The molecule has 0 spiro atoms. The minimum Gasteiger partial charge on any atom is -0.439 e. The van der Waals surface area contributed by atoms with E-state index in [0.717, 1.165) is 44.3 Å². The van der Waals surface area contributed by atoms with Gasteiger partial charge >= 0.3 is 5.97 Å². The summed E-state index contributed by atoms with van der Waals surface area (Å²) in [5.41, 5.74) is 6.27. The van der Waals surface area contributed by atoms with Crippen LogP contribution in [0.5, 0.6) is 0 Å². The van der Waals surface area contributed by atoms with Gasteiger partial charge in [0, 0.05) is 64.6 Å². The van der Waals surface area contributed by atoms with E-state index in [9.17, 15) is 4.79 Å². The maximum absolute atomic E-state index is 13.3. The predicted octanol–water partition coefficient (Wildman–Crippen LogP) is 5.14. The second-order valence-electron chi connectivity index (χ2n) is 8.54. The Labute approximate surface area is 185 Å². The second kappa shape index (κ2) is 6.33. The number of fused-ring (bicyclic) bond motifs is 3. The Kier molecular flexibility index (Phi) is 3.73.